The van der Waals surface area contributed by atoms with Crippen LogP contribution in [0.2, 0.25) is 0 Å². The van der Waals surface area contributed by atoms with E-state index in [0.717, 1.165) is 89.4 Å². The van der Waals surface area contributed by atoms with Crippen LogP contribution in [0.5, 0.6) is 17.2 Å². The molecule has 1 aliphatic heterocycles. The Hall–Kier alpha value is -4.96. The van der Waals surface area contributed by atoms with Gasteiger partial charge >= 0.3 is 0 Å². The number of fused-ring (bicyclic) bond motifs is 3. The lowest BCUT2D eigenvalue weighted by molar-refractivity contribution is -0.258. The number of aliphatic hydroxyl groups excluding tert-OH is 2. The number of unbranched alkanes of at least 4 members (excludes halogenated alkanes) is 10. The Morgan fingerprint density at radius 2 is 1.52 bits per heavy atom. The molecule has 2 aliphatic carbocycles. The van der Waals surface area contributed by atoms with Crippen molar-refractivity contribution in [1.29, 1.82) is 0 Å². The molecule has 1 heterocycles. The number of benzene rings is 4. The monoisotopic (exact) mass is 969 g/mol. The molecule has 6 unspecified atom stereocenters. The molecule has 384 valence electrons. The fourth-order valence-electron chi connectivity index (χ4n) is 11.5. The smallest absolute Gasteiger partial charge is 0.239 e. The summed E-state index contributed by atoms with van der Waals surface area (Å²) in [6.45, 7) is 17.5. The molecule has 1 amide bonds. The Labute approximate surface area is 425 Å². The summed E-state index contributed by atoms with van der Waals surface area (Å²) in [5.41, 5.74) is 5.68. The fourth-order valence-corrected chi connectivity index (χ4v) is 11.5. The Balaban J connectivity index is 1.41. The Morgan fingerprint density at radius 3 is 2.24 bits per heavy atom. The molecule has 6 atom stereocenters. The molecule has 0 radical (unpaired) electrons. The molecule has 4 aromatic rings. The van der Waals surface area contributed by atoms with E-state index >= 15 is 4.79 Å². The van der Waals surface area contributed by atoms with E-state index in [9.17, 15) is 10.2 Å². The molecule has 1 fully saturated rings. The Kier molecular flexibility index (Phi) is 19.4. The molecule has 3 aliphatic rings. The van der Waals surface area contributed by atoms with E-state index in [0.29, 0.717) is 43.7 Å². The van der Waals surface area contributed by atoms with Crippen LogP contribution in [0.25, 0.3) is 10.8 Å². The van der Waals surface area contributed by atoms with Crippen LogP contribution >= 0.6 is 0 Å². The first-order chi connectivity index (χ1) is 34.4. The Bertz CT molecular complexity index is 2430. The SMILES string of the molecule is C=CCOC12Oc3ccc(Oc4ccc(C)c(C)c4)cc3C3C(CCCCO)C(CCCCO)C=C(C(=NOC(C)(C)C)CC1N(Cc1cccc4ccccc14)C(=O)CCCCCCCCCCC)C32. The predicted molar refractivity (Wildman–Crippen MR) is 288 cm³/mol. The molecule has 9 nitrogen and oxygen atoms in total. The van der Waals surface area contributed by atoms with Gasteiger partial charge in [-0.05, 0) is 142 Å². The average Bonchev–Trinajstić information content (AvgIpc) is 3.36. The molecule has 0 bridgehead atoms. The van der Waals surface area contributed by atoms with Crippen molar-refractivity contribution in [3.63, 3.8) is 0 Å². The van der Waals surface area contributed by atoms with Crippen molar-refractivity contribution in [2.24, 2.45) is 22.9 Å². The number of rotatable bonds is 27. The summed E-state index contributed by atoms with van der Waals surface area (Å²) < 4.78 is 21.7. The highest BCUT2D eigenvalue weighted by atomic mass is 16.7. The van der Waals surface area contributed by atoms with E-state index in [1.54, 1.807) is 6.08 Å². The standard InChI is InChI=1S/C62H84N2O7/c1-8-10-11-12-13-14-15-16-17-31-58(67)64(43-48-28-24-27-46-25-18-19-29-51(46)48)57-42-55(63-71-61(5,6)7)53-40-47(26-20-22-36-65)52(30-21-23-37-66)59-54-41-50(69-49-33-32-44(3)45(4)39-49)34-35-56(54)70-62(57,60(53)59)68-38-9-2/h9,18-19,24-25,27-29,32-35,39-41,47,52,57,59-60,65-66H,2,8,10-17,20-23,26,30-31,36-38,42-43H2,1,3-7H3. The predicted octanol–water partition coefficient (Wildman–Crippen LogP) is 14.6. The van der Waals surface area contributed by atoms with Gasteiger partial charge in [-0.25, -0.2) is 0 Å². The number of aryl methyl sites for hydroxylation is 2. The van der Waals surface area contributed by atoms with Crippen LogP contribution < -0.4 is 9.47 Å². The molecule has 7 rings (SSSR count). The number of aliphatic hydroxyl groups is 2. The van der Waals surface area contributed by atoms with Crippen LogP contribution in [-0.2, 0) is 20.9 Å². The third kappa shape index (κ3) is 13.4. The molecule has 0 aromatic heterocycles. The zero-order valence-electron chi connectivity index (χ0n) is 43.9. The third-order valence-corrected chi connectivity index (χ3v) is 15.2. The highest BCUT2D eigenvalue weighted by molar-refractivity contribution is 6.03. The summed E-state index contributed by atoms with van der Waals surface area (Å²) in [6.07, 6.45) is 20.2. The largest absolute Gasteiger partial charge is 0.459 e. The van der Waals surface area contributed by atoms with Gasteiger partial charge in [0.2, 0.25) is 11.7 Å². The molecule has 1 saturated carbocycles. The quantitative estimate of drug-likeness (QED) is 0.0348. The van der Waals surface area contributed by atoms with Gasteiger partial charge < -0.3 is 34.2 Å². The van der Waals surface area contributed by atoms with E-state index in [1.165, 1.54) is 44.1 Å². The maximum atomic E-state index is 15.5. The lowest BCUT2D eigenvalue weighted by atomic mass is 9.55. The van der Waals surface area contributed by atoms with E-state index < -0.39 is 23.3 Å². The maximum absolute atomic E-state index is 15.5. The molecule has 0 spiro atoms. The highest BCUT2D eigenvalue weighted by Crippen LogP contribution is 2.62. The van der Waals surface area contributed by atoms with Gasteiger partial charge in [-0.3, -0.25) is 4.79 Å². The fraction of sp³-hybridized carbons (Fsp3) is 0.548. The minimum absolute atomic E-state index is 0.0660. The van der Waals surface area contributed by atoms with E-state index in [2.05, 4.69) is 99.0 Å². The molecule has 71 heavy (non-hydrogen) atoms. The lowest BCUT2D eigenvalue weighted by Gasteiger charge is -2.60. The van der Waals surface area contributed by atoms with Gasteiger partial charge in [0, 0.05) is 44.1 Å². The summed E-state index contributed by atoms with van der Waals surface area (Å²) in [6, 6.07) is 26.5. The second kappa shape index (κ2) is 25.6. The van der Waals surface area contributed by atoms with E-state index in [4.69, 9.17) is 24.2 Å². The van der Waals surface area contributed by atoms with Crippen molar-refractivity contribution >= 4 is 22.4 Å². The number of ether oxygens (including phenoxy) is 3. The van der Waals surface area contributed by atoms with Crippen LogP contribution in [-0.4, -0.2) is 64.0 Å². The van der Waals surface area contributed by atoms with Crippen molar-refractivity contribution in [2.75, 3.05) is 19.8 Å². The minimum atomic E-state index is -1.36. The van der Waals surface area contributed by atoms with Crippen molar-refractivity contribution < 1.29 is 34.1 Å². The summed E-state index contributed by atoms with van der Waals surface area (Å²) >= 11 is 0. The maximum Gasteiger partial charge on any atom is 0.239 e. The summed E-state index contributed by atoms with van der Waals surface area (Å²) in [5.74, 6) is 0.500. The zero-order chi connectivity index (χ0) is 50.4. The van der Waals surface area contributed by atoms with Crippen LogP contribution in [0, 0.1) is 31.6 Å². The van der Waals surface area contributed by atoms with Gasteiger partial charge in [-0.2, -0.15) is 0 Å². The highest BCUT2D eigenvalue weighted by Gasteiger charge is 2.65. The second-order valence-electron chi connectivity index (χ2n) is 21.6. The summed E-state index contributed by atoms with van der Waals surface area (Å²) in [5, 5.41) is 27.5. The molecule has 9 heteroatoms. The van der Waals surface area contributed by atoms with Gasteiger partial charge in [0.05, 0.1) is 18.2 Å². The third-order valence-electron chi connectivity index (χ3n) is 15.2. The first-order valence-electron chi connectivity index (χ1n) is 27.2. The number of allylic oxidation sites excluding steroid dienone is 1. The van der Waals surface area contributed by atoms with Gasteiger partial charge in [0.1, 0.15) is 28.9 Å². The summed E-state index contributed by atoms with van der Waals surface area (Å²) in [7, 11) is 0. The van der Waals surface area contributed by atoms with Gasteiger partial charge in [0.25, 0.3) is 0 Å². The number of hydrogen-bond acceptors (Lipinski definition) is 8. The molecule has 4 aromatic carbocycles. The van der Waals surface area contributed by atoms with E-state index in [-0.39, 0.29) is 43.5 Å². The molecular formula is C62H84N2O7. The first-order valence-corrected chi connectivity index (χ1v) is 27.2. The van der Waals surface area contributed by atoms with Crippen LogP contribution in [0.15, 0.2) is 108 Å². The lowest BCUT2D eigenvalue weighted by Crippen LogP contribution is -2.70. The molecule has 0 saturated heterocycles. The number of amides is 1. The van der Waals surface area contributed by atoms with Crippen LogP contribution in [0.3, 0.4) is 0 Å². The average molecular weight is 969 g/mol. The zero-order valence-corrected chi connectivity index (χ0v) is 43.9. The van der Waals surface area contributed by atoms with Crippen LogP contribution in [0.1, 0.15) is 165 Å². The second-order valence-corrected chi connectivity index (χ2v) is 21.6. The van der Waals surface area contributed by atoms with E-state index in [1.807, 2.05) is 39.0 Å². The Morgan fingerprint density at radius 1 is 0.831 bits per heavy atom. The van der Waals surface area contributed by atoms with Gasteiger partial charge in [-0.1, -0.05) is 137 Å². The minimum Gasteiger partial charge on any atom is -0.459 e. The normalized spacial score (nSPS) is 22.1. The molecular weight excluding hydrogens is 885 g/mol. The number of nitrogens with zero attached hydrogens (tertiary/aromatic N) is 2. The van der Waals surface area contributed by atoms with Crippen molar-refractivity contribution in [3.8, 4) is 17.2 Å². The van der Waals surface area contributed by atoms with Gasteiger partial charge in [-0.15, -0.1) is 6.58 Å². The number of hydrogen-bond donors (Lipinski definition) is 2. The number of carbonyl (C=O) groups excluding carboxylic acids is 1. The summed E-state index contributed by atoms with van der Waals surface area (Å²) in [4.78, 5) is 24.1. The number of oxime groups is 1. The van der Waals surface area contributed by atoms with Crippen molar-refractivity contribution in [1.82, 2.24) is 4.90 Å². The topological polar surface area (TPSA) is 110 Å². The van der Waals surface area contributed by atoms with Crippen molar-refractivity contribution in [3.05, 3.63) is 125 Å². The first kappa shape index (κ1) is 53.8. The molecule has 2 N–H and O–H groups in total. The van der Waals surface area contributed by atoms with Gasteiger partial charge in [0.15, 0.2) is 0 Å². The number of carbonyl (C=O) groups is 1. The van der Waals surface area contributed by atoms with Crippen LogP contribution in [0.4, 0.5) is 0 Å². The van der Waals surface area contributed by atoms with Crippen molar-refractivity contribution in [2.45, 2.75) is 181 Å².